The van der Waals surface area contributed by atoms with Crippen LogP contribution in [0.1, 0.15) is 11.6 Å². The lowest BCUT2D eigenvalue weighted by Gasteiger charge is -2.21. The summed E-state index contributed by atoms with van der Waals surface area (Å²) in [5.74, 6) is -2.22. The van der Waals surface area contributed by atoms with Crippen LogP contribution in [0.25, 0.3) is 0 Å². The van der Waals surface area contributed by atoms with Crippen molar-refractivity contribution in [3.05, 3.63) is 35.9 Å². The highest BCUT2D eigenvalue weighted by atomic mass is 16.4. The Morgan fingerprint density at radius 1 is 1.20 bits per heavy atom. The number of carbonyl (C=O) groups is 2. The summed E-state index contributed by atoms with van der Waals surface area (Å²) >= 11 is 0. The molecule has 1 atom stereocenters. The number of hydrogen-bond acceptors (Lipinski definition) is 3. The van der Waals surface area contributed by atoms with Gasteiger partial charge in [-0.25, -0.2) is 4.79 Å². The van der Waals surface area contributed by atoms with Crippen LogP contribution in [0.4, 0.5) is 0 Å². The quantitative estimate of drug-likeness (QED) is 0.746. The molecule has 1 N–H and O–H groups in total. The lowest BCUT2D eigenvalue weighted by molar-refractivity contribution is -0.151. The fraction of sp³-hybridized carbons (Fsp3) is 0.273. The van der Waals surface area contributed by atoms with Crippen LogP contribution in [0, 0.1) is 0 Å². The molecule has 0 aliphatic rings. The molecule has 0 radical (unpaired) electrons. The summed E-state index contributed by atoms with van der Waals surface area (Å²) in [7, 11) is 3.36. The van der Waals surface area contributed by atoms with Gasteiger partial charge in [0.15, 0.2) is 0 Å². The van der Waals surface area contributed by atoms with E-state index in [1.165, 1.54) is 0 Å². The normalized spacial score (nSPS) is 12.5. The second-order valence-corrected chi connectivity index (χ2v) is 3.45. The van der Waals surface area contributed by atoms with Crippen molar-refractivity contribution in [2.75, 3.05) is 14.1 Å². The fourth-order valence-electron chi connectivity index (χ4n) is 1.44. The van der Waals surface area contributed by atoms with E-state index in [9.17, 15) is 9.59 Å². The van der Waals surface area contributed by atoms with E-state index in [0.717, 1.165) is 0 Å². The molecular weight excluding hydrogens is 194 g/mol. The molecule has 0 fully saturated rings. The van der Waals surface area contributed by atoms with Crippen molar-refractivity contribution in [3.63, 3.8) is 0 Å². The Bertz CT molecular complexity index is 359. The molecule has 0 saturated carbocycles. The molecule has 0 spiro atoms. The van der Waals surface area contributed by atoms with Crippen molar-refractivity contribution in [1.29, 1.82) is 0 Å². The highest BCUT2D eigenvalue weighted by Gasteiger charge is 2.27. The lowest BCUT2D eigenvalue weighted by Crippen LogP contribution is -2.32. The maximum absolute atomic E-state index is 11.4. The van der Waals surface area contributed by atoms with Gasteiger partial charge in [-0.3, -0.25) is 9.69 Å². The number of rotatable bonds is 4. The number of carbonyl (C=O) groups excluding carboxylic acids is 1. The molecule has 0 aromatic heterocycles. The Hall–Kier alpha value is -1.68. The molecular formula is C11H13NO3. The maximum atomic E-state index is 11.4. The molecule has 80 valence electrons. The molecule has 15 heavy (non-hydrogen) atoms. The smallest absolute Gasteiger partial charge is 0.374 e. The third kappa shape index (κ3) is 2.63. The van der Waals surface area contributed by atoms with Gasteiger partial charge in [0.25, 0.3) is 5.78 Å². The maximum Gasteiger partial charge on any atom is 0.374 e. The third-order valence-electron chi connectivity index (χ3n) is 2.09. The second-order valence-electron chi connectivity index (χ2n) is 3.45. The van der Waals surface area contributed by atoms with Gasteiger partial charge in [0, 0.05) is 0 Å². The highest BCUT2D eigenvalue weighted by Crippen LogP contribution is 2.18. The summed E-state index contributed by atoms with van der Waals surface area (Å²) in [4.78, 5) is 23.7. The van der Waals surface area contributed by atoms with Gasteiger partial charge in [0.05, 0.1) is 0 Å². The number of aliphatic carboxylic acids is 1. The van der Waals surface area contributed by atoms with E-state index < -0.39 is 17.8 Å². The summed E-state index contributed by atoms with van der Waals surface area (Å²) in [6.45, 7) is 0. The van der Waals surface area contributed by atoms with Crippen LogP contribution in [0.3, 0.4) is 0 Å². The Labute approximate surface area is 88.1 Å². The molecule has 1 unspecified atom stereocenters. The number of nitrogens with zero attached hydrogens (tertiary/aromatic N) is 1. The molecule has 1 rings (SSSR count). The molecule has 0 aliphatic carbocycles. The number of benzene rings is 1. The molecule has 0 amide bonds. The van der Waals surface area contributed by atoms with E-state index in [0.29, 0.717) is 5.56 Å². The average molecular weight is 207 g/mol. The van der Waals surface area contributed by atoms with E-state index in [-0.39, 0.29) is 0 Å². The molecule has 0 bridgehead atoms. The molecule has 0 aliphatic heterocycles. The minimum Gasteiger partial charge on any atom is -0.475 e. The average Bonchev–Trinajstić information content (AvgIpc) is 2.18. The van der Waals surface area contributed by atoms with E-state index in [4.69, 9.17) is 5.11 Å². The number of carboxylic acid groups (broad SMARTS) is 1. The van der Waals surface area contributed by atoms with Crippen molar-refractivity contribution >= 4 is 11.8 Å². The molecule has 1 aromatic carbocycles. The van der Waals surface area contributed by atoms with Gasteiger partial charge in [-0.15, -0.1) is 0 Å². The predicted octanol–water partition coefficient (Wildman–Crippen LogP) is 0.943. The van der Waals surface area contributed by atoms with Crippen molar-refractivity contribution in [3.8, 4) is 0 Å². The van der Waals surface area contributed by atoms with E-state index >= 15 is 0 Å². The van der Waals surface area contributed by atoms with Gasteiger partial charge in [0.1, 0.15) is 6.04 Å². The van der Waals surface area contributed by atoms with Crippen molar-refractivity contribution in [1.82, 2.24) is 4.90 Å². The van der Waals surface area contributed by atoms with Crippen LogP contribution in [0.5, 0.6) is 0 Å². The second kappa shape index (κ2) is 4.70. The minimum atomic E-state index is -1.41. The van der Waals surface area contributed by atoms with E-state index in [1.807, 2.05) is 6.07 Å². The molecule has 4 heteroatoms. The van der Waals surface area contributed by atoms with Gasteiger partial charge < -0.3 is 5.11 Å². The predicted molar refractivity (Wildman–Crippen MR) is 55.5 cm³/mol. The van der Waals surface area contributed by atoms with E-state index in [1.54, 1.807) is 43.3 Å². The first-order chi connectivity index (χ1) is 7.04. The Morgan fingerprint density at radius 2 is 1.73 bits per heavy atom. The summed E-state index contributed by atoms with van der Waals surface area (Å²) in [5.41, 5.74) is 0.690. The number of likely N-dealkylation sites (N-methyl/N-ethyl adjacent to an activating group) is 1. The Morgan fingerprint density at radius 3 is 2.13 bits per heavy atom. The van der Waals surface area contributed by atoms with Crippen molar-refractivity contribution < 1.29 is 14.7 Å². The standard InChI is InChI=1S/C11H13NO3/c1-12(2)9(10(13)11(14)15)8-6-4-3-5-7-8/h3-7,9H,1-2H3,(H,14,15). The monoisotopic (exact) mass is 207 g/mol. The summed E-state index contributed by atoms with van der Waals surface area (Å²) in [5, 5.41) is 8.69. The highest BCUT2D eigenvalue weighted by molar-refractivity contribution is 6.34. The first-order valence-electron chi connectivity index (χ1n) is 4.52. The van der Waals surface area contributed by atoms with Crippen LogP contribution in [-0.2, 0) is 9.59 Å². The van der Waals surface area contributed by atoms with Gasteiger partial charge >= 0.3 is 5.97 Å². The molecule has 1 aromatic rings. The third-order valence-corrected chi connectivity index (χ3v) is 2.09. The van der Waals surface area contributed by atoms with Crippen LogP contribution in [-0.4, -0.2) is 35.9 Å². The van der Waals surface area contributed by atoms with Crippen LogP contribution in [0.15, 0.2) is 30.3 Å². The van der Waals surface area contributed by atoms with Gasteiger partial charge in [-0.05, 0) is 19.7 Å². The topological polar surface area (TPSA) is 57.6 Å². The summed E-state index contributed by atoms with van der Waals surface area (Å²) in [6.07, 6.45) is 0. The van der Waals surface area contributed by atoms with Crippen LogP contribution >= 0.6 is 0 Å². The van der Waals surface area contributed by atoms with Gasteiger partial charge in [-0.2, -0.15) is 0 Å². The van der Waals surface area contributed by atoms with Gasteiger partial charge in [0.2, 0.25) is 0 Å². The van der Waals surface area contributed by atoms with Crippen LogP contribution < -0.4 is 0 Å². The first-order valence-corrected chi connectivity index (χ1v) is 4.52. The summed E-state index contributed by atoms with van der Waals surface area (Å²) < 4.78 is 0. The minimum absolute atomic E-state index is 0.690. The molecule has 4 nitrogen and oxygen atoms in total. The fourth-order valence-corrected chi connectivity index (χ4v) is 1.44. The van der Waals surface area contributed by atoms with Crippen LogP contribution in [0.2, 0.25) is 0 Å². The zero-order valence-corrected chi connectivity index (χ0v) is 8.68. The van der Waals surface area contributed by atoms with Crippen molar-refractivity contribution in [2.45, 2.75) is 6.04 Å². The van der Waals surface area contributed by atoms with Crippen molar-refractivity contribution in [2.24, 2.45) is 0 Å². The zero-order chi connectivity index (χ0) is 11.4. The Kier molecular flexibility index (Phi) is 3.57. The zero-order valence-electron chi connectivity index (χ0n) is 8.68. The van der Waals surface area contributed by atoms with E-state index in [2.05, 4.69) is 0 Å². The number of hydrogen-bond donors (Lipinski definition) is 1. The SMILES string of the molecule is CN(C)C(C(=O)C(=O)O)c1ccccc1. The first kappa shape index (κ1) is 11.4. The largest absolute Gasteiger partial charge is 0.475 e. The molecule has 0 saturated heterocycles. The number of Topliss-reactive ketones (excluding diaryl/α,β-unsaturated/α-hetero) is 1. The van der Waals surface area contributed by atoms with Gasteiger partial charge in [-0.1, -0.05) is 30.3 Å². The molecule has 0 heterocycles. The Balaban J connectivity index is 3.04. The number of ketones is 1. The lowest BCUT2D eigenvalue weighted by atomic mass is 10.0. The summed E-state index contributed by atoms with van der Waals surface area (Å²) in [6, 6.07) is 8.14. The number of carboxylic acids is 1.